The van der Waals surface area contributed by atoms with E-state index in [0.29, 0.717) is 17.2 Å². The Bertz CT molecular complexity index is 734. The Hall–Kier alpha value is -2.60. The van der Waals surface area contributed by atoms with Crippen LogP contribution in [0.25, 0.3) is 0 Å². The predicted molar refractivity (Wildman–Crippen MR) is 98.4 cm³/mol. The van der Waals surface area contributed by atoms with Crippen LogP contribution in [0.5, 0.6) is 0 Å². The maximum atomic E-state index is 12.3. The zero-order chi connectivity index (χ0) is 18.4. The Morgan fingerprint density at radius 2 is 1.92 bits per heavy atom. The molecule has 1 aromatic carbocycles. The van der Waals surface area contributed by atoms with Crippen molar-refractivity contribution in [3.05, 3.63) is 59.5 Å². The summed E-state index contributed by atoms with van der Waals surface area (Å²) in [7, 11) is 0. The summed E-state index contributed by atoms with van der Waals surface area (Å²) in [5.41, 5.74) is 7.19. The molecule has 3 N–H and O–H groups in total. The van der Waals surface area contributed by atoms with Crippen molar-refractivity contribution in [1.82, 2.24) is 10.2 Å². The van der Waals surface area contributed by atoms with Crippen LogP contribution in [0.15, 0.2) is 47.1 Å². The minimum atomic E-state index is -0.319. The van der Waals surface area contributed by atoms with Gasteiger partial charge in [0.2, 0.25) is 5.91 Å². The van der Waals surface area contributed by atoms with Gasteiger partial charge in [0, 0.05) is 13.1 Å². The van der Waals surface area contributed by atoms with Gasteiger partial charge in [-0.15, -0.1) is 0 Å². The largest absolute Gasteiger partial charge is 0.467 e. The van der Waals surface area contributed by atoms with Crippen molar-refractivity contribution in [3.63, 3.8) is 0 Å². The molecule has 0 saturated carbocycles. The molecule has 2 aromatic rings. The number of hydrogen-bond donors (Lipinski definition) is 2. The highest BCUT2D eigenvalue weighted by atomic mass is 16.3. The first-order valence-electron chi connectivity index (χ1n) is 9.03. The summed E-state index contributed by atoms with van der Waals surface area (Å²) in [5, 5.41) is 2.65. The number of hydrogen-bond acceptors (Lipinski definition) is 4. The van der Waals surface area contributed by atoms with Crippen molar-refractivity contribution in [3.8, 4) is 0 Å². The summed E-state index contributed by atoms with van der Waals surface area (Å²) < 4.78 is 5.14. The van der Waals surface area contributed by atoms with Gasteiger partial charge in [-0.2, -0.15) is 0 Å². The third kappa shape index (κ3) is 4.73. The summed E-state index contributed by atoms with van der Waals surface area (Å²) in [6.45, 7) is 1.74. The SMILES string of the molecule is NCc1cc(C(=O)NCC(=O)N2CCC(Cc3ccccc3)CC2)co1. The van der Waals surface area contributed by atoms with Crippen LogP contribution in [0.3, 0.4) is 0 Å². The molecule has 1 aromatic heterocycles. The molecule has 6 nitrogen and oxygen atoms in total. The van der Waals surface area contributed by atoms with Crippen LogP contribution in [0.2, 0.25) is 0 Å². The minimum absolute atomic E-state index is 0.00528. The molecule has 3 rings (SSSR count). The van der Waals surface area contributed by atoms with E-state index >= 15 is 0 Å². The van der Waals surface area contributed by atoms with E-state index in [-0.39, 0.29) is 24.9 Å². The lowest BCUT2D eigenvalue weighted by Gasteiger charge is -2.32. The zero-order valence-corrected chi connectivity index (χ0v) is 14.8. The van der Waals surface area contributed by atoms with E-state index in [1.165, 1.54) is 11.8 Å². The van der Waals surface area contributed by atoms with Crippen molar-refractivity contribution in [2.75, 3.05) is 19.6 Å². The molecule has 2 heterocycles. The van der Waals surface area contributed by atoms with Crippen LogP contribution in [-0.4, -0.2) is 36.3 Å². The van der Waals surface area contributed by atoms with Gasteiger partial charge in [-0.05, 0) is 36.8 Å². The lowest BCUT2D eigenvalue weighted by atomic mass is 9.90. The number of carbonyl (C=O) groups excluding carboxylic acids is 2. The Kier molecular flexibility index (Phi) is 6.07. The number of likely N-dealkylation sites (tertiary alicyclic amines) is 1. The first kappa shape index (κ1) is 18.2. The van der Waals surface area contributed by atoms with Gasteiger partial charge in [0.1, 0.15) is 12.0 Å². The molecule has 0 unspecified atom stereocenters. The Morgan fingerprint density at radius 1 is 1.19 bits per heavy atom. The second-order valence-electron chi connectivity index (χ2n) is 6.70. The molecular weight excluding hydrogens is 330 g/mol. The first-order valence-corrected chi connectivity index (χ1v) is 9.03. The van der Waals surface area contributed by atoms with E-state index in [4.69, 9.17) is 10.2 Å². The summed E-state index contributed by atoms with van der Waals surface area (Å²) in [4.78, 5) is 26.2. The number of nitrogens with two attached hydrogens (primary N) is 1. The average molecular weight is 355 g/mol. The highest BCUT2D eigenvalue weighted by Crippen LogP contribution is 2.21. The number of rotatable bonds is 6. The molecule has 1 aliphatic heterocycles. The number of amides is 2. The third-order valence-corrected chi connectivity index (χ3v) is 4.85. The van der Waals surface area contributed by atoms with Gasteiger partial charge in [-0.3, -0.25) is 9.59 Å². The molecular formula is C20H25N3O3. The smallest absolute Gasteiger partial charge is 0.254 e. The molecule has 0 atom stereocenters. The highest BCUT2D eigenvalue weighted by Gasteiger charge is 2.23. The van der Waals surface area contributed by atoms with Crippen LogP contribution in [0.4, 0.5) is 0 Å². The summed E-state index contributed by atoms with van der Waals surface area (Å²) in [6.07, 6.45) is 4.41. The maximum Gasteiger partial charge on any atom is 0.254 e. The quantitative estimate of drug-likeness (QED) is 0.829. The van der Waals surface area contributed by atoms with Crippen LogP contribution < -0.4 is 11.1 Å². The molecule has 138 valence electrons. The second kappa shape index (κ2) is 8.67. The number of benzene rings is 1. The number of furan rings is 1. The highest BCUT2D eigenvalue weighted by molar-refractivity contribution is 5.96. The van der Waals surface area contributed by atoms with Crippen LogP contribution in [0, 0.1) is 5.92 Å². The van der Waals surface area contributed by atoms with Gasteiger partial charge in [0.05, 0.1) is 18.7 Å². The summed E-state index contributed by atoms with van der Waals surface area (Å²) in [5.74, 6) is 0.790. The van der Waals surface area contributed by atoms with E-state index in [2.05, 4.69) is 29.6 Å². The molecule has 0 aliphatic carbocycles. The standard InChI is InChI=1S/C20H25N3O3/c21-12-18-11-17(14-26-18)20(25)22-13-19(24)23-8-6-16(7-9-23)10-15-4-2-1-3-5-15/h1-5,11,14,16H,6-10,12-13,21H2,(H,22,25). The molecule has 0 bridgehead atoms. The predicted octanol–water partition coefficient (Wildman–Crippen LogP) is 1.95. The van der Waals surface area contributed by atoms with Crippen LogP contribution in [-0.2, 0) is 17.8 Å². The van der Waals surface area contributed by atoms with Gasteiger partial charge in [0.25, 0.3) is 5.91 Å². The second-order valence-corrected chi connectivity index (χ2v) is 6.70. The Labute approximate surface area is 153 Å². The molecule has 26 heavy (non-hydrogen) atoms. The minimum Gasteiger partial charge on any atom is -0.467 e. The zero-order valence-electron chi connectivity index (χ0n) is 14.8. The van der Waals surface area contributed by atoms with Gasteiger partial charge in [-0.1, -0.05) is 30.3 Å². The van der Waals surface area contributed by atoms with Gasteiger partial charge < -0.3 is 20.4 Å². The monoisotopic (exact) mass is 355 g/mol. The van der Waals surface area contributed by atoms with Gasteiger partial charge in [-0.25, -0.2) is 0 Å². The first-order chi connectivity index (χ1) is 12.7. The van der Waals surface area contributed by atoms with Gasteiger partial charge >= 0.3 is 0 Å². The lowest BCUT2D eigenvalue weighted by molar-refractivity contribution is -0.131. The summed E-state index contributed by atoms with van der Waals surface area (Å²) >= 11 is 0. The van der Waals surface area contributed by atoms with Crippen molar-refractivity contribution >= 4 is 11.8 Å². The van der Waals surface area contributed by atoms with Crippen LogP contribution in [0.1, 0.15) is 34.5 Å². The van der Waals surface area contributed by atoms with Crippen molar-refractivity contribution < 1.29 is 14.0 Å². The van der Waals surface area contributed by atoms with Crippen molar-refractivity contribution in [2.24, 2.45) is 11.7 Å². The fourth-order valence-corrected chi connectivity index (χ4v) is 3.31. The van der Waals surface area contributed by atoms with Crippen molar-refractivity contribution in [2.45, 2.75) is 25.8 Å². The molecule has 0 spiro atoms. The number of carbonyl (C=O) groups is 2. The lowest BCUT2D eigenvalue weighted by Crippen LogP contribution is -2.44. The van der Waals surface area contributed by atoms with E-state index in [1.54, 1.807) is 6.07 Å². The van der Waals surface area contributed by atoms with Gasteiger partial charge in [0.15, 0.2) is 0 Å². The summed E-state index contributed by atoms with van der Waals surface area (Å²) in [6, 6.07) is 12.0. The van der Waals surface area contributed by atoms with E-state index in [1.807, 2.05) is 11.0 Å². The van der Waals surface area contributed by atoms with Crippen LogP contribution >= 0.6 is 0 Å². The number of nitrogens with zero attached hydrogens (tertiary/aromatic N) is 1. The molecule has 2 amide bonds. The molecule has 1 aliphatic rings. The van der Waals surface area contributed by atoms with E-state index in [0.717, 1.165) is 32.4 Å². The number of nitrogens with one attached hydrogen (secondary N) is 1. The fraction of sp³-hybridized carbons (Fsp3) is 0.400. The normalized spacial score (nSPS) is 15.0. The van der Waals surface area contributed by atoms with E-state index < -0.39 is 0 Å². The molecule has 1 fully saturated rings. The Morgan fingerprint density at radius 3 is 2.58 bits per heavy atom. The topological polar surface area (TPSA) is 88.6 Å². The van der Waals surface area contributed by atoms with Crippen molar-refractivity contribution in [1.29, 1.82) is 0 Å². The molecule has 6 heteroatoms. The molecule has 0 radical (unpaired) electrons. The average Bonchev–Trinajstić information content (AvgIpc) is 3.17. The fourth-order valence-electron chi connectivity index (χ4n) is 3.31. The Balaban J connectivity index is 1.41. The van der Waals surface area contributed by atoms with E-state index in [9.17, 15) is 9.59 Å². The number of piperidine rings is 1. The molecule has 1 saturated heterocycles. The maximum absolute atomic E-state index is 12.3. The third-order valence-electron chi connectivity index (χ3n) is 4.85.